The highest BCUT2D eigenvalue weighted by atomic mass is 127. The number of nitrogens with one attached hydrogen (secondary N) is 3. The molecule has 1 aliphatic heterocycles. The van der Waals surface area contributed by atoms with Crippen molar-refractivity contribution in [3.05, 3.63) is 62.4 Å². The van der Waals surface area contributed by atoms with Gasteiger partial charge in [0.05, 0.1) is 35.1 Å². The summed E-state index contributed by atoms with van der Waals surface area (Å²) in [4.78, 5) is 25.1. The molecule has 0 aromatic heterocycles. The number of carbonyl (C=O) groups is 2. The third kappa shape index (κ3) is 7.80. The van der Waals surface area contributed by atoms with Crippen LogP contribution in [0.25, 0.3) is 0 Å². The van der Waals surface area contributed by atoms with Gasteiger partial charge in [0, 0.05) is 11.3 Å². The van der Waals surface area contributed by atoms with Gasteiger partial charge in [0.2, 0.25) is 0 Å². The van der Waals surface area contributed by atoms with E-state index in [0.29, 0.717) is 48.3 Å². The van der Waals surface area contributed by atoms with Crippen LogP contribution in [-0.2, 0) is 14.3 Å². The molecule has 1 aliphatic rings. The first kappa shape index (κ1) is 29.7. The Kier molecular flexibility index (Phi) is 10.9. The van der Waals surface area contributed by atoms with Crippen molar-refractivity contribution >= 4 is 58.0 Å². The molecule has 0 radical (unpaired) electrons. The highest BCUT2D eigenvalue weighted by Crippen LogP contribution is 2.34. The van der Waals surface area contributed by atoms with Crippen LogP contribution in [0.2, 0.25) is 0 Å². The number of para-hydroxylation sites is 1. The lowest BCUT2D eigenvalue weighted by Crippen LogP contribution is -2.45. The second-order valence-corrected chi connectivity index (χ2v) is 9.46. The molecule has 0 spiro atoms. The van der Waals surface area contributed by atoms with Gasteiger partial charge >= 0.3 is 5.97 Å². The van der Waals surface area contributed by atoms with Crippen molar-refractivity contribution in [1.29, 1.82) is 5.26 Å². The molecular weight excluding hydrogens is 637 g/mol. The van der Waals surface area contributed by atoms with E-state index >= 15 is 0 Å². The Balaban J connectivity index is 1.69. The van der Waals surface area contributed by atoms with Crippen LogP contribution in [0.5, 0.6) is 17.2 Å². The molecule has 0 bridgehead atoms. The van der Waals surface area contributed by atoms with Crippen LogP contribution in [0.15, 0.2) is 52.8 Å². The molecule has 1 amide bonds. The van der Waals surface area contributed by atoms with E-state index in [-0.39, 0.29) is 19.8 Å². The third-order valence-corrected chi connectivity index (χ3v) is 6.31. The molecule has 3 rings (SSSR count). The standard InChI is InChI=1S/C26H26IN5O6S/c1-4-36-25(34)22-15(2)30-26(39)31-23(22)17-7-5-6-8-19(17)38-14-21(33)32-29-13-16-11-18(27)24(37-10-9-28)20(12-16)35-3/h5-8,11-13,23H,4,10,14H2,1-3H3,(H,32,33)(H2,30,31,39)/t23-/m0/s1. The molecule has 0 unspecified atom stereocenters. The first-order chi connectivity index (χ1) is 18.8. The zero-order chi connectivity index (χ0) is 28.4. The molecule has 2 aromatic carbocycles. The van der Waals surface area contributed by atoms with Crippen molar-refractivity contribution in [2.45, 2.75) is 19.9 Å². The molecule has 3 N–H and O–H groups in total. The third-order valence-electron chi connectivity index (χ3n) is 5.29. The Morgan fingerprint density at radius 3 is 2.74 bits per heavy atom. The van der Waals surface area contributed by atoms with Gasteiger partial charge in [0.15, 0.2) is 29.8 Å². The first-order valence-corrected chi connectivity index (χ1v) is 13.1. The van der Waals surface area contributed by atoms with E-state index in [0.717, 1.165) is 0 Å². The summed E-state index contributed by atoms with van der Waals surface area (Å²) >= 11 is 7.35. The van der Waals surface area contributed by atoms with Crippen molar-refractivity contribution < 1.29 is 28.5 Å². The highest BCUT2D eigenvalue weighted by Gasteiger charge is 2.32. The maximum absolute atomic E-state index is 12.7. The number of halogens is 1. The summed E-state index contributed by atoms with van der Waals surface area (Å²) in [5.41, 5.74) is 4.62. The molecule has 204 valence electrons. The number of nitrogens with zero attached hydrogens (tertiary/aromatic N) is 2. The summed E-state index contributed by atoms with van der Waals surface area (Å²) in [5.74, 6) is 0.291. The van der Waals surface area contributed by atoms with Crippen LogP contribution >= 0.6 is 34.8 Å². The number of hydrazone groups is 1. The van der Waals surface area contributed by atoms with Gasteiger partial charge in [0.1, 0.15) is 11.8 Å². The summed E-state index contributed by atoms with van der Waals surface area (Å²) in [5, 5.41) is 19.1. The number of hydrogen-bond donors (Lipinski definition) is 3. The minimum absolute atomic E-state index is 0.112. The molecule has 0 saturated heterocycles. The lowest BCUT2D eigenvalue weighted by Gasteiger charge is -2.30. The maximum atomic E-state index is 12.7. The van der Waals surface area contributed by atoms with E-state index in [1.807, 2.05) is 6.07 Å². The predicted molar refractivity (Wildman–Crippen MR) is 155 cm³/mol. The topological polar surface area (TPSA) is 143 Å². The Morgan fingerprint density at radius 2 is 2.03 bits per heavy atom. The fourth-order valence-electron chi connectivity index (χ4n) is 3.67. The Morgan fingerprint density at radius 1 is 1.26 bits per heavy atom. The lowest BCUT2D eigenvalue weighted by molar-refractivity contribution is -0.139. The number of amides is 1. The van der Waals surface area contributed by atoms with Crippen molar-refractivity contribution in [3.8, 4) is 23.3 Å². The molecule has 2 aromatic rings. The van der Waals surface area contributed by atoms with Crippen LogP contribution in [0.3, 0.4) is 0 Å². The molecule has 0 aliphatic carbocycles. The van der Waals surface area contributed by atoms with E-state index in [4.69, 9.17) is 36.4 Å². The number of allylic oxidation sites excluding steroid dienone is 1. The number of methoxy groups -OCH3 is 1. The van der Waals surface area contributed by atoms with Crippen LogP contribution in [0.1, 0.15) is 31.0 Å². The zero-order valence-corrected chi connectivity index (χ0v) is 24.3. The average molecular weight is 663 g/mol. The van der Waals surface area contributed by atoms with Gasteiger partial charge in [-0.05, 0) is 72.4 Å². The van der Waals surface area contributed by atoms with Gasteiger partial charge in [-0.1, -0.05) is 18.2 Å². The average Bonchev–Trinajstić information content (AvgIpc) is 2.90. The predicted octanol–water partition coefficient (Wildman–Crippen LogP) is 3.09. The highest BCUT2D eigenvalue weighted by molar-refractivity contribution is 14.1. The van der Waals surface area contributed by atoms with E-state index in [2.05, 4.69) is 43.8 Å². The van der Waals surface area contributed by atoms with Crippen LogP contribution in [0, 0.1) is 14.9 Å². The lowest BCUT2D eigenvalue weighted by atomic mass is 9.95. The molecular formula is C26H26IN5O6S. The summed E-state index contributed by atoms with van der Waals surface area (Å²) in [7, 11) is 1.49. The van der Waals surface area contributed by atoms with E-state index < -0.39 is 17.9 Å². The fourth-order valence-corrected chi connectivity index (χ4v) is 4.72. The maximum Gasteiger partial charge on any atom is 0.338 e. The molecule has 11 nitrogen and oxygen atoms in total. The SMILES string of the molecule is CCOC(=O)C1=C(C)NC(=S)N[C@H]1c1ccccc1OCC(=O)NN=Cc1cc(I)c(OCC#N)c(OC)c1. The van der Waals surface area contributed by atoms with Crippen molar-refractivity contribution in [2.75, 3.05) is 26.9 Å². The van der Waals surface area contributed by atoms with Gasteiger partial charge in [-0.2, -0.15) is 10.4 Å². The van der Waals surface area contributed by atoms with Gasteiger partial charge in [0.25, 0.3) is 5.91 Å². The quantitative estimate of drug-likeness (QED) is 0.108. The summed E-state index contributed by atoms with van der Waals surface area (Å²) < 4.78 is 22.5. The number of hydrogen-bond acceptors (Lipinski definition) is 9. The number of thiocarbonyl (C=S) groups is 1. The second kappa shape index (κ2) is 14.3. The first-order valence-electron chi connectivity index (χ1n) is 11.6. The number of rotatable bonds is 11. The van der Waals surface area contributed by atoms with Crippen molar-refractivity contribution in [1.82, 2.24) is 16.1 Å². The van der Waals surface area contributed by atoms with Gasteiger partial charge < -0.3 is 29.6 Å². The number of benzene rings is 2. The Hall–Kier alpha value is -3.90. The fraction of sp³-hybridized carbons (Fsp3) is 0.269. The number of ether oxygens (including phenoxy) is 4. The Bertz CT molecular complexity index is 1360. The van der Waals surface area contributed by atoms with E-state index in [9.17, 15) is 9.59 Å². The largest absolute Gasteiger partial charge is 0.493 e. The van der Waals surface area contributed by atoms with E-state index in [1.165, 1.54) is 13.3 Å². The number of esters is 1. The minimum Gasteiger partial charge on any atom is -0.493 e. The molecule has 1 atom stereocenters. The normalized spacial score (nSPS) is 14.6. The van der Waals surface area contributed by atoms with Crippen LogP contribution in [-0.4, -0.2) is 50.1 Å². The second-order valence-electron chi connectivity index (χ2n) is 7.89. The summed E-state index contributed by atoms with van der Waals surface area (Å²) in [6.07, 6.45) is 1.45. The summed E-state index contributed by atoms with van der Waals surface area (Å²) in [6, 6.07) is 11.8. The van der Waals surface area contributed by atoms with Crippen LogP contribution in [0.4, 0.5) is 0 Å². The zero-order valence-electron chi connectivity index (χ0n) is 21.4. The number of carbonyl (C=O) groups excluding carboxylic acids is 2. The van der Waals surface area contributed by atoms with Gasteiger partial charge in [-0.15, -0.1) is 0 Å². The van der Waals surface area contributed by atoms with Gasteiger partial charge in [-0.3, -0.25) is 4.79 Å². The molecule has 0 saturated carbocycles. The van der Waals surface area contributed by atoms with Gasteiger partial charge in [-0.25, -0.2) is 10.2 Å². The summed E-state index contributed by atoms with van der Waals surface area (Å²) in [6.45, 7) is 3.25. The van der Waals surface area contributed by atoms with E-state index in [1.54, 1.807) is 50.2 Å². The smallest absolute Gasteiger partial charge is 0.338 e. The van der Waals surface area contributed by atoms with Crippen molar-refractivity contribution in [3.63, 3.8) is 0 Å². The van der Waals surface area contributed by atoms with Crippen molar-refractivity contribution in [2.24, 2.45) is 5.10 Å². The number of nitriles is 1. The molecule has 39 heavy (non-hydrogen) atoms. The molecule has 1 heterocycles. The van der Waals surface area contributed by atoms with Crippen LogP contribution < -0.4 is 30.3 Å². The Labute approximate surface area is 244 Å². The molecule has 0 fully saturated rings. The molecule has 13 heteroatoms. The monoisotopic (exact) mass is 663 g/mol. The minimum atomic E-state index is -0.632.